The molecule has 1 aliphatic carbocycles. The van der Waals surface area contributed by atoms with E-state index >= 15 is 0 Å². The lowest BCUT2D eigenvalue weighted by Gasteiger charge is -2.19. The van der Waals surface area contributed by atoms with E-state index in [1.54, 1.807) is 44.4 Å². The van der Waals surface area contributed by atoms with E-state index in [0.29, 0.717) is 28.1 Å². The van der Waals surface area contributed by atoms with E-state index in [1.807, 2.05) is 24.3 Å². The Labute approximate surface area is 186 Å². The van der Waals surface area contributed by atoms with Gasteiger partial charge in [-0.15, -0.1) is 0 Å². The lowest BCUT2D eigenvalue weighted by Crippen LogP contribution is -2.28. The van der Waals surface area contributed by atoms with Gasteiger partial charge in [-0.25, -0.2) is 4.98 Å². The molecule has 0 spiro atoms. The average Bonchev–Trinajstić information content (AvgIpc) is 3.53. The Morgan fingerprint density at radius 1 is 1.13 bits per heavy atom. The maximum atomic E-state index is 12.8. The van der Waals surface area contributed by atoms with Gasteiger partial charge >= 0.3 is 0 Å². The number of hydrogen-bond acceptors (Lipinski definition) is 5. The van der Waals surface area contributed by atoms with Gasteiger partial charge in [-0.05, 0) is 56.0 Å². The van der Waals surface area contributed by atoms with Gasteiger partial charge in [0, 0.05) is 23.1 Å². The van der Waals surface area contributed by atoms with E-state index in [4.69, 9.17) is 21.1 Å². The quantitative estimate of drug-likeness (QED) is 0.592. The first kappa shape index (κ1) is 21.4. The minimum atomic E-state index is -0.965. The molecule has 2 unspecified atom stereocenters. The summed E-state index contributed by atoms with van der Waals surface area (Å²) in [6.07, 6.45) is 2.53. The molecule has 1 aliphatic rings. The number of nitrogens with zero attached hydrogens (tertiary/aromatic N) is 2. The van der Waals surface area contributed by atoms with E-state index in [1.165, 1.54) is 17.2 Å². The molecule has 1 saturated carbocycles. The van der Waals surface area contributed by atoms with Crippen molar-refractivity contribution in [3.8, 4) is 17.2 Å². The molecule has 3 aromatic rings. The van der Waals surface area contributed by atoms with Crippen LogP contribution < -0.4 is 15.0 Å². The van der Waals surface area contributed by atoms with E-state index in [0.717, 1.165) is 12.1 Å². The lowest BCUT2D eigenvalue weighted by atomic mass is 10.1. The van der Waals surface area contributed by atoms with Crippen LogP contribution >= 0.6 is 11.6 Å². The van der Waals surface area contributed by atoms with Gasteiger partial charge in [0.25, 0.3) is 5.56 Å². The van der Waals surface area contributed by atoms with Crippen molar-refractivity contribution in [1.29, 1.82) is 0 Å². The Morgan fingerprint density at radius 3 is 2.52 bits per heavy atom. The molecule has 1 fully saturated rings. The number of aromatic nitrogens is 2. The van der Waals surface area contributed by atoms with Crippen molar-refractivity contribution >= 4 is 11.6 Å². The van der Waals surface area contributed by atoms with Crippen LogP contribution in [-0.4, -0.2) is 34.0 Å². The summed E-state index contributed by atoms with van der Waals surface area (Å²) in [6, 6.07) is 14.6. The number of aliphatic hydroxyl groups is 1. The molecule has 31 heavy (non-hydrogen) atoms. The van der Waals surface area contributed by atoms with Crippen LogP contribution in [0.15, 0.2) is 59.7 Å². The van der Waals surface area contributed by atoms with Crippen LogP contribution in [0.5, 0.6) is 11.5 Å². The third-order valence-corrected chi connectivity index (χ3v) is 5.56. The van der Waals surface area contributed by atoms with E-state index in [-0.39, 0.29) is 18.1 Å². The predicted molar refractivity (Wildman–Crippen MR) is 120 cm³/mol. The van der Waals surface area contributed by atoms with Crippen LogP contribution in [0.3, 0.4) is 0 Å². The van der Waals surface area contributed by atoms with E-state index in [2.05, 4.69) is 4.98 Å². The Morgan fingerprint density at radius 2 is 1.87 bits per heavy atom. The highest BCUT2D eigenvalue weighted by atomic mass is 35.5. The molecule has 6 nitrogen and oxygen atoms in total. The summed E-state index contributed by atoms with van der Waals surface area (Å²) in [5.41, 5.74) is 1.53. The topological polar surface area (TPSA) is 73.6 Å². The van der Waals surface area contributed by atoms with Gasteiger partial charge in [-0.3, -0.25) is 9.36 Å². The zero-order chi connectivity index (χ0) is 22.2. The predicted octanol–water partition coefficient (Wildman–Crippen LogP) is 4.32. The first-order valence-electron chi connectivity index (χ1n) is 10.1. The highest BCUT2D eigenvalue weighted by Gasteiger charge is 2.40. The van der Waals surface area contributed by atoms with Gasteiger partial charge in [0.2, 0.25) is 0 Å². The van der Waals surface area contributed by atoms with Crippen LogP contribution in [-0.2, 0) is 0 Å². The van der Waals surface area contributed by atoms with Crippen molar-refractivity contribution in [3.63, 3.8) is 0 Å². The molecule has 0 amide bonds. The summed E-state index contributed by atoms with van der Waals surface area (Å²) in [7, 11) is 1.53. The van der Waals surface area contributed by atoms with Gasteiger partial charge in [-0.1, -0.05) is 23.7 Å². The fourth-order valence-corrected chi connectivity index (χ4v) is 3.72. The number of ether oxygens (including phenoxy) is 2. The monoisotopic (exact) mass is 440 g/mol. The molecule has 1 aromatic heterocycles. The molecule has 1 heterocycles. The third kappa shape index (κ3) is 4.92. The third-order valence-electron chi connectivity index (χ3n) is 5.31. The van der Waals surface area contributed by atoms with Gasteiger partial charge in [-0.2, -0.15) is 0 Å². The maximum absolute atomic E-state index is 12.8. The summed E-state index contributed by atoms with van der Waals surface area (Å²) in [5, 5.41) is 10.6. The van der Waals surface area contributed by atoms with Gasteiger partial charge in [0.1, 0.15) is 12.9 Å². The number of benzene rings is 2. The van der Waals surface area contributed by atoms with Gasteiger partial charge in [0.15, 0.2) is 11.5 Å². The largest absolute Gasteiger partial charge is 0.493 e. The summed E-state index contributed by atoms with van der Waals surface area (Å²) >= 11 is 5.97. The smallest absolute Gasteiger partial charge is 0.258 e. The highest BCUT2D eigenvalue weighted by Crippen LogP contribution is 2.53. The number of hydrogen-bond donors (Lipinski definition) is 1. The molecule has 7 heteroatoms. The summed E-state index contributed by atoms with van der Waals surface area (Å²) in [4.78, 5) is 17.4. The molecule has 162 valence electrons. The molecular weight excluding hydrogens is 416 g/mol. The van der Waals surface area contributed by atoms with Crippen LogP contribution in [0.1, 0.15) is 43.4 Å². The second-order valence-corrected chi connectivity index (χ2v) is 8.89. The van der Waals surface area contributed by atoms with Crippen molar-refractivity contribution in [2.45, 2.75) is 37.7 Å². The second kappa shape index (κ2) is 8.36. The van der Waals surface area contributed by atoms with Gasteiger partial charge < -0.3 is 14.6 Å². The standard InChI is InChI=1S/C24H25ClN2O4/c1-24(2,29)13-31-21-9-8-17(10-22(21)30-3)27-14-26-20(12-23(27)28)19-11-18(19)15-4-6-16(25)7-5-15/h4-10,12,14,18-19,29H,11,13H2,1-3H3. The first-order valence-corrected chi connectivity index (χ1v) is 10.5. The molecule has 1 N–H and O–H groups in total. The molecular formula is C24H25ClN2O4. The number of methoxy groups -OCH3 is 1. The van der Waals surface area contributed by atoms with Crippen molar-refractivity contribution in [3.05, 3.63) is 81.5 Å². The van der Waals surface area contributed by atoms with Gasteiger partial charge in [0.05, 0.1) is 24.1 Å². The van der Waals surface area contributed by atoms with E-state index < -0.39 is 5.60 Å². The molecule has 4 rings (SSSR count). The highest BCUT2D eigenvalue weighted by molar-refractivity contribution is 6.30. The minimum absolute atomic E-state index is 0.120. The summed E-state index contributed by atoms with van der Waals surface area (Å²) in [6.45, 7) is 3.45. The van der Waals surface area contributed by atoms with Crippen LogP contribution in [0.25, 0.3) is 5.69 Å². The average molecular weight is 441 g/mol. The Hall–Kier alpha value is -2.83. The minimum Gasteiger partial charge on any atom is -0.493 e. The Balaban J connectivity index is 1.53. The normalized spacial score (nSPS) is 18.0. The van der Waals surface area contributed by atoms with Crippen LogP contribution in [0.2, 0.25) is 5.02 Å². The summed E-state index contributed by atoms with van der Waals surface area (Å²) in [5.74, 6) is 1.58. The Bertz CT molecular complexity index is 1140. The van der Waals surface area contributed by atoms with Crippen molar-refractivity contribution in [2.75, 3.05) is 13.7 Å². The zero-order valence-corrected chi connectivity index (χ0v) is 18.5. The molecule has 0 bridgehead atoms. The fourth-order valence-electron chi connectivity index (χ4n) is 3.59. The second-order valence-electron chi connectivity index (χ2n) is 8.46. The van der Waals surface area contributed by atoms with Crippen molar-refractivity contribution in [1.82, 2.24) is 9.55 Å². The maximum Gasteiger partial charge on any atom is 0.258 e. The number of halogens is 1. The lowest BCUT2D eigenvalue weighted by molar-refractivity contribution is 0.0276. The number of rotatable bonds is 7. The SMILES string of the molecule is COc1cc(-n2cnc(C3CC3c3ccc(Cl)cc3)cc2=O)ccc1OCC(C)(C)O. The van der Waals surface area contributed by atoms with Crippen LogP contribution in [0, 0.1) is 0 Å². The van der Waals surface area contributed by atoms with Crippen molar-refractivity contribution in [2.24, 2.45) is 0 Å². The Kier molecular flexibility index (Phi) is 5.77. The summed E-state index contributed by atoms with van der Waals surface area (Å²) < 4.78 is 12.5. The first-order chi connectivity index (χ1) is 14.7. The zero-order valence-electron chi connectivity index (χ0n) is 17.7. The fraction of sp³-hybridized carbons (Fsp3) is 0.333. The molecule has 0 radical (unpaired) electrons. The van der Waals surface area contributed by atoms with E-state index in [9.17, 15) is 9.90 Å². The van der Waals surface area contributed by atoms with Crippen LogP contribution in [0.4, 0.5) is 0 Å². The van der Waals surface area contributed by atoms with Crippen molar-refractivity contribution < 1.29 is 14.6 Å². The molecule has 2 atom stereocenters. The molecule has 0 saturated heterocycles. The molecule has 2 aromatic carbocycles. The molecule has 0 aliphatic heterocycles.